The Morgan fingerprint density at radius 1 is 0.920 bits per heavy atom. The van der Waals surface area contributed by atoms with Crippen molar-refractivity contribution in [3.05, 3.63) is 42.5 Å². The molecule has 0 spiro atoms. The largest absolute Gasteiger partial charge is 0.505 e. The Balaban J connectivity index is 1.49. The first-order valence-electron chi connectivity index (χ1n) is 9.16. The van der Waals surface area contributed by atoms with Crippen LogP contribution >= 0.6 is 0 Å². The van der Waals surface area contributed by atoms with Crippen LogP contribution < -0.4 is 20.7 Å². The van der Waals surface area contributed by atoms with E-state index >= 15 is 0 Å². The zero-order valence-corrected chi connectivity index (χ0v) is 14.8. The molecule has 0 amide bonds. The molecule has 0 bridgehead atoms. The molecular formula is C20H27N3O2. The molecule has 1 aliphatic heterocycles. The number of phenols is 1. The molecule has 3 N–H and O–H groups in total. The maximum absolute atomic E-state index is 10.3. The molecule has 5 heteroatoms. The first kappa shape index (κ1) is 17.3. The molecule has 1 heterocycles. The van der Waals surface area contributed by atoms with Gasteiger partial charge in [-0.2, -0.15) is 5.12 Å². The topological polar surface area (TPSA) is 56.8 Å². The number of fused-ring (bicyclic) bond motifs is 1. The van der Waals surface area contributed by atoms with Crippen LogP contribution in [0.15, 0.2) is 42.5 Å². The molecule has 134 valence electrons. The number of anilines is 3. The highest BCUT2D eigenvalue weighted by Crippen LogP contribution is 2.36. The van der Waals surface area contributed by atoms with Gasteiger partial charge in [-0.15, -0.1) is 0 Å². The maximum Gasteiger partial charge on any atom is 0.146 e. The van der Waals surface area contributed by atoms with Crippen molar-refractivity contribution in [2.45, 2.75) is 45.4 Å². The molecule has 0 aromatic heterocycles. The number of nitrogens with one attached hydrogen (secondary N) is 2. The quantitative estimate of drug-likeness (QED) is 0.540. The van der Waals surface area contributed by atoms with Gasteiger partial charge in [0.05, 0.1) is 18.0 Å². The van der Waals surface area contributed by atoms with Crippen molar-refractivity contribution in [3.8, 4) is 11.5 Å². The van der Waals surface area contributed by atoms with Gasteiger partial charge >= 0.3 is 0 Å². The van der Waals surface area contributed by atoms with Gasteiger partial charge in [0.1, 0.15) is 17.2 Å². The van der Waals surface area contributed by atoms with E-state index in [-0.39, 0.29) is 5.75 Å². The number of ether oxygens (including phenoxy) is 1. The summed E-state index contributed by atoms with van der Waals surface area (Å²) < 4.78 is 5.75. The lowest BCUT2D eigenvalue weighted by molar-refractivity contribution is 0.303. The molecule has 25 heavy (non-hydrogen) atoms. The first-order chi connectivity index (χ1) is 12.3. The van der Waals surface area contributed by atoms with E-state index in [0.717, 1.165) is 17.8 Å². The van der Waals surface area contributed by atoms with Crippen molar-refractivity contribution < 1.29 is 9.84 Å². The number of unbranched alkanes of at least 4 members (excludes halogenated alkanes) is 5. The number of aromatic hydroxyl groups is 1. The van der Waals surface area contributed by atoms with Gasteiger partial charge in [0.25, 0.3) is 0 Å². The number of benzene rings is 2. The van der Waals surface area contributed by atoms with Crippen LogP contribution in [0.3, 0.4) is 0 Å². The van der Waals surface area contributed by atoms with E-state index in [4.69, 9.17) is 4.74 Å². The van der Waals surface area contributed by atoms with E-state index in [1.165, 1.54) is 32.1 Å². The van der Waals surface area contributed by atoms with Gasteiger partial charge < -0.3 is 9.84 Å². The van der Waals surface area contributed by atoms with E-state index in [0.29, 0.717) is 18.0 Å². The minimum absolute atomic E-state index is 0.174. The smallest absolute Gasteiger partial charge is 0.146 e. The van der Waals surface area contributed by atoms with Crippen molar-refractivity contribution in [3.63, 3.8) is 0 Å². The molecule has 1 aliphatic rings. The standard InChI is InChI=1S/C20H27N3O2/c1-2-3-4-5-6-9-14-25-16-12-13-19(20(24)15-16)23-21-17-10-7-8-11-18(17)22-23/h7-8,10-13,15,21-22,24H,2-6,9,14H2,1H3. The van der Waals surface area contributed by atoms with Crippen molar-refractivity contribution in [2.24, 2.45) is 0 Å². The normalized spacial score (nSPS) is 12.4. The fraction of sp³-hybridized carbons (Fsp3) is 0.400. The minimum Gasteiger partial charge on any atom is -0.505 e. The summed E-state index contributed by atoms with van der Waals surface area (Å²) in [6.45, 7) is 2.92. The van der Waals surface area contributed by atoms with Crippen LogP contribution in [0.5, 0.6) is 11.5 Å². The number of nitrogens with zero attached hydrogens (tertiary/aromatic N) is 1. The first-order valence-corrected chi connectivity index (χ1v) is 9.16. The van der Waals surface area contributed by atoms with Crippen molar-refractivity contribution in [1.29, 1.82) is 0 Å². The highest BCUT2D eigenvalue weighted by molar-refractivity contribution is 5.80. The molecule has 2 aromatic carbocycles. The Bertz CT molecular complexity index is 665. The number of rotatable bonds is 9. The van der Waals surface area contributed by atoms with Crippen LogP contribution in [0.2, 0.25) is 0 Å². The summed E-state index contributed by atoms with van der Waals surface area (Å²) in [5, 5.41) is 12.0. The molecule has 0 saturated heterocycles. The zero-order chi connectivity index (χ0) is 17.5. The molecule has 5 nitrogen and oxygen atoms in total. The van der Waals surface area contributed by atoms with Crippen LogP contribution in [0.25, 0.3) is 0 Å². The number of hydrogen-bond acceptors (Lipinski definition) is 5. The lowest BCUT2D eigenvalue weighted by atomic mass is 10.1. The Morgan fingerprint density at radius 3 is 2.28 bits per heavy atom. The molecular weight excluding hydrogens is 314 g/mol. The van der Waals surface area contributed by atoms with Gasteiger partial charge in [-0.05, 0) is 30.7 Å². The SMILES string of the molecule is CCCCCCCCOc1ccc(N2Nc3ccccc3N2)c(O)c1. The Morgan fingerprint density at radius 2 is 1.60 bits per heavy atom. The van der Waals surface area contributed by atoms with E-state index in [9.17, 15) is 5.11 Å². The summed E-state index contributed by atoms with van der Waals surface area (Å²) in [5.74, 6) is 0.875. The highest BCUT2D eigenvalue weighted by atomic mass is 16.5. The lowest BCUT2D eigenvalue weighted by Gasteiger charge is -2.20. The fourth-order valence-electron chi connectivity index (χ4n) is 2.92. The highest BCUT2D eigenvalue weighted by Gasteiger charge is 2.20. The second-order valence-corrected chi connectivity index (χ2v) is 6.37. The maximum atomic E-state index is 10.3. The summed E-state index contributed by atoms with van der Waals surface area (Å²) in [7, 11) is 0. The summed E-state index contributed by atoms with van der Waals surface area (Å²) in [4.78, 5) is 0. The van der Waals surface area contributed by atoms with Crippen LogP contribution in [0.1, 0.15) is 45.4 Å². The second kappa shape index (κ2) is 8.51. The number of hydrazine groups is 2. The molecule has 0 atom stereocenters. The predicted octanol–water partition coefficient (Wildman–Crippen LogP) is 5.31. The van der Waals surface area contributed by atoms with Gasteiger partial charge in [0, 0.05) is 6.07 Å². The molecule has 0 saturated carbocycles. The predicted molar refractivity (Wildman–Crippen MR) is 103 cm³/mol. The van der Waals surface area contributed by atoms with Gasteiger partial charge in [-0.25, -0.2) is 0 Å². The van der Waals surface area contributed by atoms with Crippen LogP contribution in [0, 0.1) is 0 Å². The van der Waals surface area contributed by atoms with Crippen molar-refractivity contribution in [1.82, 2.24) is 0 Å². The summed E-state index contributed by atoms with van der Waals surface area (Å²) in [6, 6.07) is 13.3. The third-order valence-corrected chi connectivity index (χ3v) is 4.35. The van der Waals surface area contributed by atoms with E-state index in [1.54, 1.807) is 11.2 Å². The number of phenolic OH excluding ortho intramolecular Hbond substituents is 1. The molecule has 0 unspecified atom stereocenters. The minimum atomic E-state index is 0.174. The molecule has 0 radical (unpaired) electrons. The number of para-hydroxylation sites is 2. The van der Waals surface area contributed by atoms with Crippen molar-refractivity contribution >= 4 is 17.1 Å². The van der Waals surface area contributed by atoms with Gasteiger partial charge in [-0.3, -0.25) is 10.9 Å². The van der Waals surface area contributed by atoms with Gasteiger partial charge in [-0.1, -0.05) is 51.2 Å². The average molecular weight is 341 g/mol. The lowest BCUT2D eigenvalue weighted by Crippen LogP contribution is -2.29. The average Bonchev–Trinajstić information content (AvgIpc) is 3.05. The molecule has 0 fully saturated rings. The van der Waals surface area contributed by atoms with Crippen molar-refractivity contribution in [2.75, 3.05) is 22.6 Å². The number of hydrogen-bond donors (Lipinski definition) is 3. The Kier molecular flexibility index (Phi) is 5.88. The third kappa shape index (κ3) is 4.50. The fourth-order valence-corrected chi connectivity index (χ4v) is 2.92. The Labute approximate surface area is 149 Å². The van der Waals surface area contributed by atoms with E-state index in [1.807, 2.05) is 36.4 Å². The van der Waals surface area contributed by atoms with Crippen LogP contribution in [-0.2, 0) is 0 Å². The zero-order valence-electron chi connectivity index (χ0n) is 14.8. The molecule has 2 aromatic rings. The molecule has 3 rings (SSSR count). The van der Waals surface area contributed by atoms with Crippen LogP contribution in [-0.4, -0.2) is 11.7 Å². The summed E-state index contributed by atoms with van der Waals surface area (Å²) in [5.41, 5.74) is 9.03. The van der Waals surface area contributed by atoms with Gasteiger partial charge in [0.15, 0.2) is 0 Å². The third-order valence-electron chi connectivity index (χ3n) is 4.35. The van der Waals surface area contributed by atoms with E-state index < -0.39 is 0 Å². The Hall–Kier alpha value is -2.56. The summed E-state index contributed by atoms with van der Waals surface area (Å²) >= 11 is 0. The van der Waals surface area contributed by atoms with Gasteiger partial charge in [0.2, 0.25) is 0 Å². The summed E-state index contributed by atoms with van der Waals surface area (Å²) in [6.07, 6.45) is 7.42. The van der Waals surface area contributed by atoms with E-state index in [2.05, 4.69) is 17.8 Å². The van der Waals surface area contributed by atoms with Crippen LogP contribution in [0.4, 0.5) is 17.1 Å². The monoisotopic (exact) mass is 341 g/mol. The molecule has 0 aliphatic carbocycles. The second-order valence-electron chi connectivity index (χ2n) is 6.37.